The predicted molar refractivity (Wildman–Crippen MR) is 110 cm³/mol. The maximum Gasteiger partial charge on any atom is 0.282 e. The van der Waals surface area contributed by atoms with Gasteiger partial charge in [0.2, 0.25) is 0 Å². The van der Waals surface area contributed by atoms with Crippen molar-refractivity contribution < 1.29 is 0 Å². The maximum absolute atomic E-state index is 12.1. The van der Waals surface area contributed by atoms with Gasteiger partial charge >= 0.3 is 0 Å². The lowest BCUT2D eigenvalue weighted by Crippen LogP contribution is -2.43. The van der Waals surface area contributed by atoms with Crippen molar-refractivity contribution in [3.8, 4) is 0 Å². The number of nitrogens with zero attached hydrogens (tertiary/aromatic N) is 3. The van der Waals surface area contributed by atoms with Crippen molar-refractivity contribution in [2.45, 2.75) is 38.1 Å². The Hall–Kier alpha value is -1.66. The van der Waals surface area contributed by atoms with E-state index >= 15 is 0 Å². The molecule has 2 heterocycles. The van der Waals surface area contributed by atoms with E-state index in [0.717, 1.165) is 25.2 Å². The third-order valence-electron chi connectivity index (χ3n) is 5.15. The molecular weight excluding hydrogens is 392 g/mol. The molecule has 6 heteroatoms. The number of aryl methyl sites for hydroxylation is 1. The van der Waals surface area contributed by atoms with Gasteiger partial charge in [0.05, 0.1) is 11.9 Å². The quantitative estimate of drug-likeness (QED) is 0.824. The van der Waals surface area contributed by atoms with Gasteiger partial charge in [-0.3, -0.25) is 4.79 Å². The number of hydrogen-bond acceptors (Lipinski definition) is 4. The van der Waals surface area contributed by atoms with Crippen LogP contribution >= 0.6 is 15.9 Å². The van der Waals surface area contributed by atoms with E-state index in [-0.39, 0.29) is 11.6 Å². The van der Waals surface area contributed by atoms with E-state index in [1.807, 2.05) is 0 Å². The van der Waals surface area contributed by atoms with Crippen LogP contribution in [-0.2, 0) is 7.05 Å². The second-order valence-corrected chi connectivity index (χ2v) is 8.41. The molecule has 0 saturated carbocycles. The van der Waals surface area contributed by atoms with Gasteiger partial charge in [0, 0.05) is 26.2 Å². The molecule has 0 bridgehead atoms. The Morgan fingerprint density at radius 3 is 2.54 bits per heavy atom. The third-order valence-corrected chi connectivity index (χ3v) is 5.91. The highest BCUT2D eigenvalue weighted by Gasteiger charge is 2.27. The third kappa shape index (κ3) is 4.18. The SMILES string of the molecule is CC(C)c1ccc(C2CC(Nc3cnn(C)c(=O)c3Br)CN(C)C2)cc1. The zero-order chi connectivity index (χ0) is 18.8. The molecule has 2 atom stereocenters. The van der Waals surface area contributed by atoms with Gasteiger partial charge in [0.1, 0.15) is 4.47 Å². The molecule has 1 aliphatic heterocycles. The normalized spacial score (nSPS) is 21.2. The molecule has 1 aliphatic rings. The number of aromatic nitrogens is 2. The first-order chi connectivity index (χ1) is 12.3. The van der Waals surface area contributed by atoms with Crippen molar-refractivity contribution >= 4 is 21.6 Å². The molecule has 5 nitrogen and oxygen atoms in total. The molecule has 1 fully saturated rings. The summed E-state index contributed by atoms with van der Waals surface area (Å²) >= 11 is 3.41. The first kappa shape index (κ1) is 19.1. The maximum atomic E-state index is 12.1. The van der Waals surface area contributed by atoms with Crippen LogP contribution in [0.2, 0.25) is 0 Å². The van der Waals surface area contributed by atoms with Crippen LogP contribution in [0, 0.1) is 0 Å². The lowest BCUT2D eigenvalue weighted by Gasteiger charge is -2.37. The van der Waals surface area contributed by atoms with Crippen molar-refractivity contribution in [2.75, 3.05) is 25.5 Å². The minimum atomic E-state index is -0.125. The molecule has 0 amide bonds. The van der Waals surface area contributed by atoms with Gasteiger partial charge < -0.3 is 10.2 Å². The molecule has 0 aliphatic carbocycles. The van der Waals surface area contributed by atoms with Crippen LogP contribution in [0.4, 0.5) is 5.69 Å². The number of hydrogen-bond donors (Lipinski definition) is 1. The highest BCUT2D eigenvalue weighted by Crippen LogP contribution is 2.30. The van der Waals surface area contributed by atoms with Gasteiger partial charge in [-0.1, -0.05) is 38.1 Å². The first-order valence-electron chi connectivity index (χ1n) is 9.12. The fourth-order valence-electron chi connectivity index (χ4n) is 3.65. The first-order valence-corrected chi connectivity index (χ1v) is 9.91. The van der Waals surface area contributed by atoms with Crippen molar-refractivity contribution in [1.29, 1.82) is 0 Å². The molecule has 0 radical (unpaired) electrons. The molecule has 3 rings (SSSR count). The summed E-state index contributed by atoms with van der Waals surface area (Å²) in [5.74, 6) is 1.03. The Labute approximate surface area is 163 Å². The van der Waals surface area contributed by atoms with E-state index in [9.17, 15) is 4.79 Å². The number of nitrogens with one attached hydrogen (secondary N) is 1. The Morgan fingerprint density at radius 2 is 1.88 bits per heavy atom. The number of anilines is 1. The summed E-state index contributed by atoms with van der Waals surface area (Å²) in [5.41, 5.74) is 3.40. The fourth-order valence-corrected chi connectivity index (χ4v) is 4.12. The number of benzene rings is 1. The van der Waals surface area contributed by atoms with E-state index in [1.165, 1.54) is 15.8 Å². The molecule has 1 saturated heterocycles. The Kier molecular flexibility index (Phi) is 5.82. The van der Waals surface area contributed by atoms with Crippen LogP contribution in [0.15, 0.2) is 39.7 Å². The lowest BCUT2D eigenvalue weighted by atomic mass is 9.87. The van der Waals surface area contributed by atoms with Gasteiger partial charge in [-0.2, -0.15) is 5.10 Å². The number of halogens is 1. The van der Waals surface area contributed by atoms with Gasteiger partial charge in [0.15, 0.2) is 0 Å². The van der Waals surface area contributed by atoms with Crippen molar-refractivity contribution in [3.63, 3.8) is 0 Å². The second-order valence-electron chi connectivity index (χ2n) is 7.62. The fraction of sp³-hybridized carbons (Fsp3) is 0.500. The summed E-state index contributed by atoms with van der Waals surface area (Å²) in [5, 5.41) is 7.64. The number of rotatable bonds is 4. The molecule has 1 aromatic heterocycles. The topological polar surface area (TPSA) is 50.2 Å². The van der Waals surface area contributed by atoms with Crippen LogP contribution in [-0.4, -0.2) is 40.9 Å². The smallest absolute Gasteiger partial charge is 0.282 e. The van der Waals surface area contributed by atoms with Gasteiger partial charge in [0.25, 0.3) is 5.56 Å². The average Bonchev–Trinajstić information content (AvgIpc) is 2.62. The Bertz CT molecular complexity index is 816. The Balaban J connectivity index is 1.76. The summed E-state index contributed by atoms with van der Waals surface area (Å²) in [7, 11) is 3.81. The summed E-state index contributed by atoms with van der Waals surface area (Å²) in [6, 6.07) is 9.31. The van der Waals surface area contributed by atoms with E-state index in [1.54, 1.807) is 13.2 Å². The van der Waals surface area contributed by atoms with Crippen molar-refractivity contribution in [2.24, 2.45) is 7.05 Å². The minimum Gasteiger partial charge on any atom is -0.379 e. The number of likely N-dealkylation sites (tertiary alicyclic amines) is 1. The Morgan fingerprint density at radius 1 is 1.19 bits per heavy atom. The van der Waals surface area contributed by atoms with Crippen LogP contribution in [0.5, 0.6) is 0 Å². The van der Waals surface area contributed by atoms with E-state index < -0.39 is 0 Å². The van der Waals surface area contributed by atoms with Crippen molar-refractivity contribution in [1.82, 2.24) is 14.7 Å². The van der Waals surface area contributed by atoms with E-state index in [0.29, 0.717) is 16.3 Å². The van der Waals surface area contributed by atoms with Gasteiger partial charge in [-0.25, -0.2) is 4.68 Å². The van der Waals surface area contributed by atoms with Crippen molar-refractivity contribution in [3.05, 3.63) is 56.4 Å². The minimum absolute atomic E-state index is 0.125. The largest absolute Gasteiger partial charge is 0.379 e. The standard InChI is InChI=1S/C20H27BrN4O/c1-13(2)14-5-7-15(8-6-14)16-9-17(12-24(3)11-16)23-18-10-22-25(4)20(26)19(18)21/h5-8,10,13,16-17,23H,9,11-12H2,1-4H3. The average molecular weight is 419 g/mol. The summed E-state index contributed by atoms with van der Waals surface area (Å²) < 4.78 is 1.88. The molecule has 1 N–H and O–H groups in total. The van der Waals surface area contributed by atoms with E-state index in [4.69, 9.17) is 0 Å². The second kappa shape index (κ2) is 7.92. The summed E-state index contributed by atoms with van der Waals surface area (Å²) in [4.78, 5) is 14.4. The monoisotopic (exact) mass is 418 g/mol. The summed E-state index contributed by atoms with van der Waals surface area (Å²) in [6.07, 6.45) is 2.75. The predicted octanol–water partition coefficient (Wildman–Crippen LogP) is 3.57. The number of likely N-dealkylation sites (N-methyl/N-ethyl adjacent to an activating group) is 1. The van der Waals surface area contributed by atoms with Crippen LogP contribution in [0.1, 0.15) is 43.2 Å². The molecular formula is C20H27BrN4O. The lowest BCUT2D eigenvalue weighted by molar-refractivity contribution is 0.235. The highest BCUT2D eigenvalue weighted by molar-refractivity contribution is 9.10. The molecule has 1 aromatic carbocycles. The van der Waals surface area contributed by atoms with Gasteiger partial charge in [-0.05, 0) is 52.4 Å². The molecule has 2 aromatic rings. The molecule has 26 heavy (non-hydrogen) atoms. The zero-order valence-electron chi connectivity index (χ0n) is 15.9. The molecule has 140 valence electrons. The van der Waals surface area contributed by atoms with Crippen LogP contribution in [0.25, 0.3) is 0 Å². The van der Waals surface area contributed by atoms with E-state index in [2.05, 4.69) is 76.4 Å². The highest BCUT2D eigenvalue weighted by atomic mass is 79.9. The summed E-state index contributed by atoms with van der Waals surface area (Å²) in [6.45, 7) is 6.44. The van der Waals surface area contributed by atoms with Gasteiger partial charge in [-0.15, -0.1) is 0 Å². The van der Waals surface area contributed by atoms with Crippen LogP contribution < -0.4 is 10.9 Å². The number of piperidine rings is 1. The zero-order valence-corrected chi connectivity index (χ0v) is 17.5. The molecule has 2 unspecified atom stereocenters. The molecule has 0 spiro atoms. The van der Waals surface area contributed by atoms with Crippen LogP contribution in [0.3, 0.4) is 0 Å².